The normalized spacial score (nSPS) is 12.2. The van der Waals surface area contributed by atoms with Gasteiger partial charge in [0.05, 0.1) is 34.3 Å². The van der Waals surface area contributed by atoms with E-state index in [2.05, 4.69) is 15.5 Å². The Morgan fingerprint density at radius 1 is 1.18 bits per heavy atom. The summed E-state index contributed by atoms with van der Waals surface area (Å²) < 4.78 is 16.5. The summed E-state index contributed by atoms with van der Waals surface area (Å²) in [7, 11) is 0. The van der Waals surface area contributed by atoms with Crippen molar-refractivity contribution in [3.8, 4) is 0 Å². The van der Waals surface area contributed by atoms with E-state index in [1.807, 2.05) is 13.8 Å². The van der Waals surface area contributed by atoms with E-state index < -0.39 is 11.9 Å². The second kappa shape index (κ2) is 7.93. The molecule has 1 atom stereocenters. The van der Waals surface area contributed by atoms with Crippen molar-refractivity contribution in [2.24, 2.45) is 0 Å². The molecule has 6 nitrogen and oxygen atoms in total. The number of nitrogens with zero attached hydrogens (tertiary/aromatic N) is 4. The number of hydrogen-bond donors (Lipinski definition) is 1. The number of nitrogens with one attached hydrogen (secondary N) is 1. The van der Waals surface area contributed by atoms with Crippen LogP contribution in [0.25, 0.3) is 0 Å². The molecule has 9 heteroatoms. The van der Waals surface area contributed by atoms with Gasteiger partial charge in [0.1, 0.15) is 11.9 Å². The number of rotatable bonds is 5. The minimum absolute atomic E-state index is 0.232. The Balaban J connectivity index is 1.80. The van der Waals surface area contributed by atoms with Crippen LogP contribution in [0, 0.1) is 26.6 Å². The molecule has 1 N–H and O–H groups in total. The summed E-state index contributed by atoms with van der Waals surface area (Å²) in [6.07, 6.45) is 1.63. The summed E-state index contributed by atoms with van der Waals surface area (Å²) in [5.74, 6) is -0.622. The van der Waals surface area contributed by atoms with Crippen molar-refractivity contribution < 1.29 is 9.18 Å². The Morgan fingerprint density at radius 3 is 2.50 bits per heavy atom. The van der Waals surface area contributed by atoms with Gasteiger partial charge in [-0.3, -0.25) is 14.2 Å². The average molecular weight is 424 g/mol. The fraction of sp³-hybridized carbons (Fsp3) is 0.316. The van der Waals surface area contributed by atoms with Crippen molar-refractivity contribution in [1.82, 2.24) is 19.6 Å². The van der Waals surface area contributed by atoms with Crippen molar-refractivity contribution in [3.05, 3.63) is 62.9 Å². The third-order valence-corrected chi connectivity index (χ3v) is 5.32. The predicted octanol–water partition coefficient (Wildman–Crippen LogP) is 4.70. The molecule has 0 radical (unpaired) electrons. The lowest BCUT2D eigenvalue weighted by Gasteiger charge is -2.13. The Bertz CT molecular complexity index is 1020. The van der Waals surface area contributed by atoms with Gasteiger partial charge in [0.25, 0.3) is 0 Å². The molecule has 1 unspecified atom stereocenters. The van der Waals surface area contributed by atoms with Crippen molar-refractivity contribution in [3.63, 3.8) is 0 Å². The lowest BCUT2D eigenvalue weighted by molar-refractivity contribution is -0.119. The highest BCUT2D eigenvalue weighted by Gasteiger charge is 2.21. The molecule has 0 aliphatic carbocycles. The summed E-state index contributed by atoms with van der Waals surface area (Å²) in [6, 6.07) is 3.71. The summed E-state index contributed by atoms with van der Waals surface area (Å²) >= 11 is 12.1. The molecule has 3 aromatic rings. The molecule has 2 aromatic heterocycles. The van der Waals surface area contributed by atoms with E-state index in [1.165, 1.54) is 16.8 Å². The van der Waals surface area contributed by atoms with Crippen LogP contribution < -0.4 is 5.32 Å². The molecule has 0 bridgehead atoms. The van der Waals surface area contributed by atoms with Crippen LogP contribution in [0.1, 0.15) is 35.6 Å². The fourth-order valence-corrected chi connectivity index (χ4v) is 3.21. The maximum Gasteiger partial charge on any atom is 0.249 e. The van der Waals surface area contributed by atoms with E-state index in [4.69, 9.17) is 23.2 Å². The van der Waals surface area contributed by atoms with E-state index in [-0.39, 0.29) is 5.91 Å². The highest BCUT2D eigenvalue weighted by atomic mass is 35.5. The number of aryl methyl sites for hydroxylation is 2. The molecule has 0 saturated carbocycles. The van der Waals surface area contributed by atoms with Gasteiger partial charge < -0.3 is 5.32 Å². The van der Waals surface area contributed by atoms with E-state index in [9.17, 15) is 9.18 Å². The lowest BCUT2D eigenvalue weighted by Crippen LogP contribution is -2.24. The van der Waals surface area contributed by atoms with E-state index in [0.717, 1.165) is 11.3 Å². The number of benzene rings is 1. The van der Waals surface area contributed by atoms with Crippen LogP contribution in [0.3, 0.4) is 0 Å². The first-order valence-electron chi connectivity index (χ1n) is 8.67. The molecule has 0 fully saturated rings. The average Bonchev–Trinajstić information content (AvgIpc) is 3.10. The first-order chi connectivity index (χ1) is 13.2. The summed E-state index contributed by atoms with van der Waals surface area (Å²) in [5.41, 5.74) is 3.48. The van der Waals surface area contributed by atoms with Gasteiger partial charge in [0, 0.05) is 11.2 Å². The number of anilines is 1. The van der Waals surface area contributed by atoms with Gasteiger partial charge >= 0.3 is 0 Å². The second-order valence-electron chi connectivity index (χ2n) is 6.65. The smallest absolute Gasteiger partial charge is 0.249 e. The zero-order valence-electron chi connectivity index (χ0n) is 15.9. The Kier molecular flexibility index (Phi) is 5.76. The molecule has 0 spiro atoms. The van der Waals surface area contributed by atoms with Gasteiger partial charge in [-0.25, -0.2) is 4.39 Å². The van der Waals surface area contributed by atoms with Gasteiger partial charge in [0.15, 0.2) is 0 Å². The third-order valence-electron chi connectivity index (χ3n) is 4.60. The number of carbonyl (C=O) groups is 1. The highest BCUT2D eigenvalue weighted by molar-refractivity contribution is 6.31. The minimum Gasteiger partial charge on any atom is -0.321 e. The Labute approximate surface area is 172 Å². The molecule has 3 rings (SSSR count). The van der Waals surface area contributed by atoms with Gasteiger partial charge in [-0.15, -0.1) is 0 Å². The second-order valence-corrected chi connectivity index (χ2v) is 7.46. The first kappa shape index (κ1) is 20.4. The molecule has 0 saturated heterocycles. The molecule has 0 aliphatic heterocycles. The van der Waals surface area contributed by atoms with Crippen LogP contribution >= 0.6 is 23.2 Å². The maximum absolute atomic E-state index is 13.2. The number of amides is 1. The zero-order valence-corrected chi connectivity index (χ0v) is 17.4. The predicted molar refractivity (Wildman–Crippen MR) is 108 cm³/mol. The number of aromatic nitrogens is 4. The van der Waals surface area contributed by atoms with Gasteiger partial charge in [0.2, 0.25) is 5.91 Å². The van der Waals surface area contributed by atoms with Gasteiger partial charge in [-0.1, -0.05) is 29.3 Å². The largest absolute Gasteiger partial charge is 0.321 e. The number of carbonyl (C=O) groups excluding carboxylic acids is 1. The van der Waals surface area contributed by atoms with Crippen LogP contribution in [0.4, 0.5) is 10.1 Å². The van der Waals surface area contributed by atoms with Crippen molar-refractivity contribution in [2.45, 2.75) is 40.3 Å². The van der Waals surface area contributed by atoms with Crippen molar-refractivity contribution >= 4 is 34.8 Å². The van der Waals surface area contributed by atoms with E-state index in [1.54, 1.807) is 30.8 Å². The molecule has 28 heavy (non-hydrogen) atoms. The Morgan fingerprint density at radius 2 is 1.89 bits per heavy atom. The monoisotopic (exact) mass is 423 g/mol. The summed E-state index contributed by atoms with van der Waals surface area (Å²) in [6.45, 7) is 7.55. The SMILES string of the molecule is Cc1nn(C(C)C(=O)Nc2c(C)nn(Cc3ccc(F)cc3Cl)c2C)cc1Cl. The number of halogens is 3. The minimum atomic E-state index is -0.542. The summed E-state index contributed by atoms with van der Waals surface area (Å²) in [5, 5.41) is 12.5. The van der Waals surface area contributed by atoms with Crippen LogP contribution in [0.5, 0.6) is 0 Å². The topological polar surface area (TPSA) is 64.7 Å². The van der Waals surface area contributed by atoms with Gasteiger partial charge in [-0.2, -0.15) is 10.2 Å². The lowest BCUT2D eigenvalue weighted by atomic mass is 10.2. The molecule has 148 valence electrons. The molecule has 1 aromatic carbocycles. The molecule has 0 aliphatic rings. The fourth-order valence-electron chi connectivity index (χ4n) is 2.85. The van der Waals surface area contributed by atoms with Crippen LogP contribution in [0.15, 0.2) is 24.4 Å². The molecular weight excluding hydrogens is 404 g/mol. The molecule has 1 amide bonds. The molecular formula is C19H20Cl2FN5O. The van der Waals surface area contributed by atoms with Crippen molar-refractivity contribution in [1.29, 1.82) is 0 Å². The zero-order chi connectivity index (χ0) is 20.6. The van der Waals surface area contributed by atoms with Crippen LogP contribution in [-0.2, 0) is 11.3 Å². The molecule has 2 heterocycles. The van der Waals surface area contributed by atoms with Gasteiger partial charge in [-0.05, 0) is 45.4 Å². The standard InChI is InChI=1S/C19H20Cl2FN5O/c1-10-17(21)9-27(24-10)13(4)19(28)23-18-11(2)25-26(12(18)3)8-14-5-6-15(22)7-16(14)20/h5-7,9,13H,8H2,1-4H3,(H,23,28). The highest BCUT2D eigenvalue weighted by Crippen LogP contribution is 2.25. The summed E-state index contributed by atoms with van der Waals surface area (Å²) in [4.78, 5) is 12.7. The van der Waals surface area contributed by atoms with Crippen LogP contribution in [0.2, 0.25) is 10.0 Å². The quantitative estimate of drug-likeness (QED) is 0.646. The third kappa shape index (κ3) is 4.05. The van der Waals surface area contributed by atoms with Crippen LogP contribution in [-0.4, -0.2) is 25.5 Å². The number of hydrogen-bond acceptors (Lipinski definition) is 3. The van der Waals surface area contributed by atoms with Crippen molar-refractivity contribution in [2.75, 3.05) is 5.32 Å². The Hall–Kier alpha value is -2.38. The van der Waals surface area contributed by atoms with E-state index in [0.29, 0.717) is 33.7 Å². The van der Waals surface area contributed by atoms with E-state index >= 15 is 0 Å². The maximum atomic E-state index is 13.2. The first-order valence-corrected chi connectivity index (χ1v) is 9.43.